The van der Waals surface area contributed by atoms with Crippen LogP contribution in [0.25, 0.3) is 0 Å². The molecule has 0 saturated carbocycles. The van der Waals surface area contributed by atoms with Crippen molar-refractivity contribution in [2.24, 2.45) is 0 Å². The number of alkyl halides is 2. The summed E-state index contributed by atoms with van der Waals surface area (Å²) < 4.78 is 26.2. The fourth-order valence-electron chi connectivity index (χ4n) is 0.0824. The summed E-state index contributed by atoms with van der Waals surface area (Å²) >= 11 is 2.74. The lowest BCUT2D eigenvalue weighted by Gasteiger charge is -2.05. The minimum absolute atomic E-state index is 2.43. The number of carbonyl (C=O) groups is 1. The van der Waals surface area contributed by atoms with Crippen LogP contribution in [-0.4, -0.2) is 17.2 Å². The van der Waals surface area contributed by atoms with Crippen LogP contribution in [0.3, 0.4) is 0 Å². The molecule has 0 amide bonds. The number of hydrogen-bond acceptors (Lipinski definition) is 4. The Morgan fingerprint density at radius 3 is 2.22 bits per heavy atom. The molecule has 0 heterocycles. The molecule has 0 radical (unpaired) electrons. The maximum Gasteiger partial charge on any atom is 0.483 e. The zero-order chi connectivity index (χ0) is 7.49. The smallest absolute Gasteiger partial charge is 0.475 e. The van der Waals surface area contributed by atoms with Gasteiger partial charge >= 0.3 is 12.1 Å². The van der Waals surface area contributed by atoms with Crippen molar-refractivity contribution in [1.29, 1.82) is 0 Å². The first kappa shape index (κ1) is 8.60. The van der Waals surface area contributed by atoms with E-state index < -0.39 is 12.1 Å². The van der Waals surface area contributed by atoms with Crippen LogP contribution in [0.1, 0.15) is 0 Å². The van der Waals surface area contributed by atoms with Gasteiger partial charge in [-0.05, 0) is 0 Å². The van der Waals surface area contributed by atoms with Gasteiger partial charge in [-0.3, -0.25) is 0 Å². The Morgan fingerprint density at radius 2 is 2.11 bits per heavy atom. The lowest BCUT2D eigenvalue weighted by molar-refractivity contribution is -0.367. The predicted molar refractivity (Wildman–Crippen MR) is 23.7 cm³/mol. The van der Waals surface area contributed by atoms with Crippen LogP contribution in [0.5, 0.6) is 0 Å². The lowest BCUT2D eigenvalue weighted by atomic mass is 10.7. The molecule has 0 aromatic rings. The molecule has 0 aliphatic rings. The minimum atomic E-state index is -4.33. The third kappa shape index (κ3) is 2.59. The molecular formula is C2H2F2O4S. The Balaban J connectivity index is 3.85. The molecule has 0 spiro atoms. The van der Waals surface area contributed by atoms with Gasteiger partial charge in [-0.15, -0.1) is 4.89 Å². The fraction of sp³-hybridized carbons (Fsp3) is 0.500. The van der Waals surface area contributed by atoms with E-state index in [1.54, 1.807) is 0 Å². The molecule has 0 bridgehead atoms. The van der Waals surface area contributed by atoms with E-state index in [0.29, 0.717) is 0 Å². The molecule has 0 aliphatic carbocycles. The third-order valence-corrected chi connectivity index (χ3v) is 0.465. The number of carboxylic acid groups (broad SMARTS) is 1. The molecule has 0 aromatic carbocycles. The topological polar surface area (TPSA) is 55.8 Å². The van der Waals surface area contributed by atoms with E-state index in [0.717, 1.165) is 0 Å². The molecule has 54 valence electrons. The van der Waals surface area contributed by atoms with Crippen molar-refractivity contribution in [3.63, 3.8) is 0 Å². The van der Waals surface area contributed by atoms with Crippen molar-refractivity contribution in [3.05, 3.63) is 0 Å². The summed E-state index contributed by atoms with van der Waals surface area (Å²) in [7, 11) is 0. The van der Waals surface area contributed by atoms with E-state index in [9.17, 15) is 13.6 Å². The van der Waals surface area contributed by atoms with E-state index in [-0.39, 0.29) is 0 Å². The van der Waals surface area contributed by atoms with Crippen molar-refractivity contribution in [2.45, 2.75) is 6.11 Å². The molecule has 0 unspecified atom stereocenters. The lowest BCUT2D eigenvalue weighted by Crippen LogP contribution is -2.30. The summed E-state index contributed by atoms with van der Waals surface area (Å²) in [6.07, 6.45) is -4.33. The van der Waals surface area contributed by atoms with E-state index in [1.807, 2.05) is 0 Å². The molecule has 0 fully saturated rings. The Bertz CT molecular complexity index is 115. The van der Waals surface area contributed by atoms with Gasteiger partial charge in [0.15, 0.2) is 0 Å². The van der Waals surface area contributed by atoms with Crippen LogP contribution in [-0.2, 0) is 14.0 Å². The maximum atomic E-state index is 11.6. The van der Waals surface area contributed by atoms with Gasteiger partial charge < -0.3 is 5.11 Å². The maximum absolute atomic E-state index is 11.6. The highest BCUT2D eigenvalue weighted by Crippen LogP contribution is 2.15. The summed E-state index contributed by atoms with van der Waals surface area (Å²) in [5.74, 6) is -2.43. The Labute approximate surface area is 53.9 Å². The largest absolute Gasteiger partial charge is 0.483 e. The fourth-order valence-corrected chi connectivity index (χ4v) is 0.176. The first-order valence-electron chi connectivity index (χ1n) is 1.61. The number of carboxylic acids is 1. The first-order chi connectivity index (χ1) is 4.00. The first-order valence-corrected chi connectivity index (χ1v) is 1.97. The summed E-state index contributed by atoms with van der Waals surface area (Å²) in [4.78, 5) is 12.3. The summed E-state index contributed by atoms with van der Waals surface area (Å²) in [6, 6.07) is 0. The van der Waals surface area contributed by atoms with Crippen LogP contribution in [0.4, 0.5) is 8.78 Å². The zero-order valence-corrected chi connectivity index (χ0v) is 4.77. The van der Waals surface area contributed by atoms with Crippen molar-refractivity contribution in [2.75, 3.05) is 0 Å². The highest BCUT2D eigenvalue weighted by Gasteiger charge is 2.42. The molecule has 9 heavy (non-hydrogen) atoms. The third-order valence-electron chi connectivity index (χ3n) is 0.391. The summed E-state index contributed by atoms with van der Waals surface area (Å²) in [5.41, 5.74) is 0. The Morgan fingerprint density at radius 1 is 1.67 bits per heavy atom. The van der Waals surface area contributed by atoms with E-state index in [2.05, 4.69) is 22.1 Å². The highest BCUT2D eigenvalue weighted by molar-refractivity contribution is 7.74. The predicted octanol–water partition coefficient (Wildman–Crippen LogP) is 0.457. The van der Waals surface area contributed by atoms with E-state index in [4.69, 9.17) is 5.11 Å². The van der Waals surface area contributed by atoms with Gasteiger partial charge in [-0.1, -0.05) is 0 Å². The standard InChI is InChI=1S/C2H2F2O4S/c3-2(4,1(5)6)7-8-9/h9H,(H,5,6). The van der Waals surface area contributed by atoms with Crippen molar-refractivity contribution in [3.8, 4) is 0 Å². The quantitative estimate of drug-likeness (QED) is 0.272. The summed E-state index contributed by atoms with van der Waals surface area (Å²) in [6.45, 7) is 0. The van der Waals surface area contributed by atoms with Gasteiger partial charge in [0, 0.05) is 12.9 Å². The average molecular weight is 160 g/mol. The normalized spacial score (nSPS) is 11.4. The SMILES string of the molecule is O=C(O)C(F)(F)OOS. The van der Waals surface area contributed by atoms with E-state index >= 15 is 0 Å². The van der Waals surface area contributed by atoms with Crippen molar-refractivity contribution < 1.29 is 27.9 Å². The van der Waals surface area contributed by atoms with Gasteiger partial charge in [-0.25, -0.2) is 4.79 Å². The van der Waals surface area contributed by atoms with Crippen LogP contribution in [0, 0.1) is 0 Å². The second-order valence-electron chi connectivity index (χ2n) is 0.980. The van der Waals surface area contributed by atoms with Crippen molar-refractivity contribution in [1.82, 2.24) is 0 Å². The van der Waals surface area contributed by atoms with Gasteiger partial charge in [-0.2, -0.15) is 13.1 Å². The molecule has 0 atom stereocenters. The van der Waals surface area contributed by atoms with Gasteiger partial charge in [0.2, 0.25) is 0 Å². The van der Waals surface area contributed by atoms with Crippen LogP contribution < -0.4 is 0 Å². The van der Waals surface area contributed by atoms with Gasteiger partial charge in [0.1, 0.15) is 0 Å². The number of thiol groups is 1. The molecule has 0 aromatic heterocycles. The molecule has 0 rings (SSSR count). The van der Waals surface area contributed by atoms with Crippen LogP contribution in [0.2, 0.25) is 0 Å². The number of aliphatic carboxylic acids is 1. The molecule has 1 N–H and O–H groups in total. The van der Waals surface area contributed by atoms with E-state index in [1.165, 1.54) is 0 Å². The van der Waals surface area contributed by atoms with Crippen LogP contribution in [0.15, 0.2) is 0 Å². The number of halogens is 2. The zero-order valence-electron chi connectivity index (χ0n) is 3.88. The molecule has 7 heteroatoms. The molecular weight excluding hydrogens is 158 g/mol. The molecule has 4 nitrogen and oxygen atoms in total. The number of hydrogen-bond donors (Lipinski definition) is 2. The van der Waals surface area contributed by atoms with Gasteiger partial charge in [0.25, 0.3) is 0 Å². The average Bonchev–Trinajstić information content (AvgIpc) is 1.65. The second kappa shape index (κ2) is 2.95. The van der Waals surface area contributed by atoms with Crippen LogP contribution >= 0.6 is 12.9 Å². The summed E-state index contributed by atoms with van der Waals surface area (Å²) in [5, 5.41) is 7.58. The number of rotatable bonds is 3. The Kier molecular flexibility index (Phi) is 2.82. The second-order valence-corrected chi connectivity index (χ2v) is 1.13. The van der Waals surface area contributed by atoms with Crippen molar-refractivity contribution >= 4 is 18.9 Å². The molecule has 0 aliphatic heterocycles. The molecule has 0 saturated heterocycles. The monoisotopic (exact) mass is 160 g/mol. The highest BCUT2D eigenvalue weighted by atomic mass is 32.1. The van der Waals surface area contributed by atoms with Gasteiger partial charge in [0.05, 0.1) is 0 Å². The Hall–Kier alpha value is -0.400. The minimum Gasteiger partial charge on any atom is -0.475 e.